The molecule has 0 aliphatic carbocycles. The predicted molar refractivity (Wildman–Crippen MR) is 136 cm³/mol. The van der Waals surface area contributed by atoms with Crippen LogP contribution in [0.4, 0.5) is 5.69 Å². The Hall–Kier alpha value is -2.58. The Kier molecular flexibility index (Phi) is 9.77. The van der Waals surface area contributed by atoms with Crippen LogP contribution in [0.2, 0.25) is 0 Å². The molecular formula is C26H37N3O4S. The fourth-order valence-electron chi connectivity index (χ4n) is 4.47. The van der Waals surface area contributed by atoms with Gasteiger partial charge in [-0.3, -0.25) is 9.10 Å². The van der Waals surface area contributed by atoms with Crippen LogP contribution < -0.4 is 14.4 Å². The fraction of sp³-hybridized carbons (Fsp3) is 0.500. The van der Waals surface area contributed by atoms with E-state index in [1.165, 1.54) is 31.4 Å². The maximum atomic E-state index is 13.5. The van der Waals surface area contributed by atoms with Crippen LogP contribution in [-0.4, -0.2) is 58.1 Å². The summed E-state index contributed by atoms with van der Waals surface area (Å²) in [5, 5.41) is 2.92. The zero-order chi connectivity index (χ0) is 24.4. The van der Waals surface area contributed by atoms with E-state index in [1.54, 1.807) is 42.5 Å². The van der Waals surface area contributed by atoms with E-state index in [9.17, 15) is 13.2 Å². The second-order valence-electron chi connectivity index (χ2n) is 8.52. The largest absolute Gasteiger partial charge is 0.492 e. The first-order chi connectivity index (χ1) is 16.5. The van der Waals surface area contributed by atoms with Gasteiger partial charge in [-0.25, -0.2) is 8.42 Å². The van der Waals surface area contributed by atoms with Crippen molar-refractivity contribution in [3.05, 3.63) is 54.6 Å². The van der Waals surface area contributed by atoms with Crippen LogP contribution in [0.25, 0.3) is 0 Å². The van der Waals surface area contributed by atoms with Gasteiger partial charge in [0, 0.05) is 19.1 Å². The molecule has 1 amide bonds. The third-order valence-corrected chi connectivity index (χ3v) is 7.99. The van der Waals surface area contributed by atoms with Crippen LogP contribution in [0.1, 0.15) is 46.0 Å². The Bertz CT molecular complexity index is 1010. The highest BCUT2D eigenvalue weighted by Gasteiger charge is 2.29. The molecule has 3 rings (SSSR count). The van der Waals surface area contributed by atoms with Crippen LogP contribution >= 0.6 is 0 Å². The summed E-state index contributed by atoms with van der Waals surface area (Å²) in [6.07, 6.45) is 5.75. The van der Waals surface area contributed by atoms with Crippen molar-refractivity contribution in [2.75, 3.05) is 37.1 Å². The highest BCUT2D eigenvalue weighted by molar-refractivity contribution is 7.92. The molecule has 1 unspecified atom stereocenters. The van der Waals surface area contributed by atoms with Crippen molar-refractivity contribution in [3.8, 4) is 5.75 Å². The van der Waals surface area contributed by atoms with Gasteiger partial charge in [0.05, 0.1) is 17.2 Å². The van der Waals surface area contributed by atoms with Crippen LogP contribution in [-0.2, 0) is 14.8 Å². The topological polar surface area (TPSA) is 79.0 Å². The third kappa shape index (κ3) is 6.73. The maximum Gasteiger partial charge on any atom is 0.264 e. The van der Waals surface area contributed by atoms with Gasteiger partial charge in [0.25, 0.3) is 10.0 Å². The summed E-state index contributed by atoms with van der Waals surface area (Å²) in [6, 6.07) is 15.7. The molecule has 1 fully saturated rings. The molecule has 1 N–H and O–H groups in total. The number of rotatable bonds is 12. The van der Waals surface area contributed by atoms with Crippen molar-refractivity contribution in [2.24, 2.45) is 0 Å². The summed E-state index contributed by atoms with van der Waals surface area (Å²) in [7, 11) is -3.96. The summed E-state index contributed by atoms with van der Waals surface area (Å²) in [5.41, 5.74) is 0.349. The number of anilines is 1. The Morgan fingerprint density at radius 3 is 2.56 bits per heavy atom. The number of hydrogen-bond donors (Lipinski definition) is 1. The Balaban J connectivity index is 1.70. The Morgan fingerprint density at radius 1 is 1.09 bits per heavy atom. The van der Waals surface area contributed by atoms with E-state index < -0.39 is 10.0 Å². The normalized spacial score (nSPS) is 16.7. The standard InChI is InChI=1S/C26H37N3O4S/c1-3-22-13-10-11-19-28(22)20-12-18-27-26(30)21-29(24-16-8-9-17-25(24)33-4-2)34(31,32)23-14-6-5-7-15-23/h5-9,14-17,22H,3-4,10-13,18-21H2,1-2H3,(H,27,30). The van der Waals surface area contributed by atoms with E-state index in [0.29, 0.717) is 30.6 Å². The molecule has 0 bridgehead atoms. The minimum Gasteiger partial charge on any atom is -0.492 e. The summed E-state index contributed by atoms with van der Waals surface area (Å²) >= 11 is 0. The number of nitrogens with one attached hydrogen (secondary N) is 1. The van der Waals surface area contributed by atoms with E-state index in [0.717, 1.165) is 30.2 Å². The average Bonchev–Trinajstić information content (AvgIpc) is 2.86. The predicted octanol–water partition coefficient (Wildman–Crippen LogP) is 4.05. The zero-order valence-electron chi connectivity index (χ0n) is 20.3. The first kappa shape index (κ1) is 26.0. The van der Waals surface area contributed by atoms with E-state index in [2.05, 4.69) is 17.1 Å². The molecule has 1 aliphatic rings. The molecule has 1 saturated heterocycles. The van der Waals surface area contributed by atoms with Crippen molar-refractivity contribution >= 4 is 21.6 Å². The number of ether oxygens (including phenoxy) is 1. The highest BCUT2D eigenvalue weighted by Crippen LogP contribution is 2.32. The number of para-hydroxylation sites is 2. The lowest BCUT2D eigenvalue weighted by Gasteiger charge is -2.35. The molecule has 2 aromatic carbocycles. The number of nitrogens with zero attached hydrogens (tertiary/aromatic N) is 2. The lowest BCUT2D eigenvalue weighted by Crippen LogP contribution is -2.43. The molecule has 0 radical (unpaired) electrons. The summed E-state index contributed by atoms with van der Waals surface area (Å²) in [6.45, 7) is 6.71. The molecule has 1 atom stereocenters. The number of piperidine rings is 1. The summed E-state index contributed by atoms with van der Waals surface area (Å²) in [5.74, 6) is 0.0875. The highest BCUT2D eigenvalue weighted by atomic mass is 32.2. The van der Waals surface area contributed by atoms with Gasteiger partial charge < -0.3 is 15.0 Å². The van der Waals surface area contributed by atoms with E-state index in [-0.39, 0.29) is 17.3 Å². The number of benzene rings is 2. The molecule has 0 spiro atoms. The molecule has 0 aromatic heterocycles. The monoisotopic (exact) mass is 487 g/mol. The van der Waals surface area contributed by atoms with Gasteiger partial charge in [-0.15, -0.1) is 0 Å². The molecule has 0 saturated carbocycles. The van der Waals surface area contributed by atoms with E-state index in [4.69, 9.17) is 4.74 Å². The number of carbonyl (C=O) groups excluding carboxylic acids is 1. The number of sulfonamides is 1. The first-order valence-electron chi connectivity index (χ1n) is 12.3. The van der Waals surface area contributed by atoms with E-state index in [1.807, 2.05) is 6.92 Å². The lowest BCUT2D eigenvalue weighted by atomic mass is 10.00. The molecule has 34 heavy (non-hydrogen) atoms. The molecule has 1 heterocycles. The minimum absolute atomic E-state index is 0.129. The minimum atomic E-state index is -3.96. The number of amides is 1. The van der Waals surface area contributed by atoms with Crippen molar-refractivity contribution in [1.82, 2.24) is 10.2 Å². The van der Waals surface area contributed by atoms with Gasteiger partial charge in [-0.2, -0.15) is 0 Å². The van der Waals surface area contributed by atoms with Crippen molar-refractivity contribution in [3.63, 3.8) is 0 Å². The van der Waals surface area contributed by atoms with Crippen molar-refractivity contribution in [1.29, 1.82) is 0 Å². The van der Waals surface area contributed by atoms with Crippen LogP contribution in [0.15, 0.2) is 59.5 Å². The number of hydrogen-bond acceptors (Lipinski definition) is 5. The summed E-state index contributed by atoms with van der Waals surface area (Å²) in [4.78, 5) is 15.5. The second kappa shape index (κ2) is 12.8. The van der Waals surface area contributed by atoms with Crippen molar-refractivity contribution < 1.29 is 17.9 Å². The molecule has 8 heteroatoms. The van der Waals surface area contributed by atoms with Gasteiger partial charge in [-0.05, 0) is 63.4 Å². The van der Waals surface area contributed by atoms with Crippen LogP contribution in [0.5, 0.6) is 5.75 Å². The second-order valence-corrected chi connectivity index (χ2v) is 10.4. The zero-order valence-corrected chi connectivity index (χ0v) is 21.1. The average molecular weight is 488 g/mol. The van der Waals surface area contributed by atoms with E-state index >= 15 is 0 Å². The van der Waals surface area contributed by atoms with Gasteiger partial charge in [0.2, 0.25) is 5.91 Å². The fourth-order valence-corrected chi connectivity index (χ4v) is 5.93. The smallest absolute Gasteiger partial charge is 0.264 e. The van der Waals surface area contributed by atoms with Gasteiger partial charge in [0.1, 0.15) is 12.3 Å². The molecule has 1 aliphatic heterocycles. The number of likely N-dealkylation sites (tertiary alicyclic amines) is 1. The molecule has 2 aromatic rings. The van der Waals surface area contributed by atoms with Gasteiger partial charge >= 0.3 is 0 Å². The molecular weight excluding hydrogens is 450 g/mol. The van der Waals surface area contributed by atoms with Crippen molar-refractivity contribution in [2.45, 2.75) is 56.9 Å². The third-order valence-electron chi connectivity index (χ3n) is 6.22. The van der Waals surface area contributed by atoms with Gasteiger partial charge in [-0.1, -0.05) is 43.7 Å². The Morgan fingerprint density at radius 2 is 1.82 bits per heavy atom. The quantitative estimate of drug-likeness (QED) is 0.457. The molecule has 186 valence electrons. The first-order valence-corrected chi connectivity index (χ1v) is 13.7. The lowest BCUT2D eigenvalue weighted by molar-refractivity contribution is -0.119. The molecule has 7 nitrogen and oxygen atoms in total. The Labute approximate surface area is 204 Å². The van der Waals surface area contributed by atoms with Crippen LogP contribution in [0.3, 0.4) is 0 Å². The van der Waals surface area contributed by atoms with Crippen LogP contribution in [0, 0.1) is 0 Å². The SMILES string of the molecule is CCOc1ccccc1N(CC(=O)NCCCN1CCCCC1CC)S(=O)(=O)c1ccccc1. The summed E-state index contributed by atoms with van der Waals surface area (Å²) < 4.78 is 33.8. The maximum absolute atomic E-state index is 13.5. The number of carbonyl (C=O) groups is 1. The van der Waals surface area contributed by atoms with Gasteiger partial charge in [0.15, 0.2) is 0 Å².